The molecule has 0 saturated heterocycles. The maximum absolute atomic E-state index is 12.3. The van der Waals surface area contributed by atoms with Gasteiger partial charge in [0.2, 0.25) is 0 Å². The van der Waals surface area contributed by atoms with E-state index in [2.05, 4.69) is 0 Å². The number of phenolic OH excluding ortho intramolecular Hbond substituents is 3. The van der Waals surface area contributed by atoms with E-state index in [1.807, 2.05) is 0 Å². The van der Waals surface area contributed by atoms with Gasteiger partial charge in [0, 0.05) is 30.7 Å². The molecule has 0 atom stereocenters. The van der Waals surface area contributed by atoms with Gasteiger partial charge in [0.15, 0.2) is 11.6 Å². The van der Waals surface area contributed by atoms with Crippen LogP contribution in [0, 0.1) is 0 Å². The first kappa shape index (κ1) is 21.6. The number of rotatable bonds is 12. The van der Waals surface area contributed by atoms with Gasteiger partial charge in [-0.25, -0.2) is 0 Å². The Morgan fingerprint density at radius 1 is 0.720 bits per heavy atom. The van der Waals surface area contributed by atoms with Crippen molar-refractivity contribution >= 4 is 34.8 Å². The van der Waals surface area contributed by atoms with Crippen molar-refractivity contribution in [2.75, 3.05) is 11.8 Å². The Labute approximate surface area is 157 Å². The van der Waals surface area contributed by atoms with Crippen LogP contribution in [-0.2, 0) is 0 Å². The summed E-state index contributed by atoms with van der Waals surface area (Å²) in [6.45, 7) is 0. The van der Waals surface area contributed by atoms with E-state index < -0.39 is 28.8 Å². The van der Waals surface area contributed by atoms with E-state index in [0.29, 0.717) is 24.6 Å². The predicted octanol–water partition coefficient (Wildman–Crippen LogP) is 4.77. The van der Waals surface area contributed by atoms with Gasteiger partial charge in [-0.1, -0.05) is 12.8 Å². The fraction of sp³-hybridized carbons (Fsp3) is 0.556. The SMILES string of the molecule is O=C(CCCCCCl)c1c(O)cc(O)c(C(=O)CCCCCCl)c1O. The molecule has 0 radical (unpaired) electrons. The topological polar surface area (TPSA) is 94.8 Å². The summed E-state index contributed by atoms with van der Waals surface area (Å²) >= 11 is 11.2. The maximum atomic E-state index is 12.3. The minimum Gasteiger partial charge on any atom is -0.507 e. The molecule has 1 rings (SSSR count). The van der Waals surface area contributed by atoms with Crippen molar-refractivity contribution in [2.24, 2.45) is 0 Å². The highest BCUT2D eigenvalue weighted by molar-refractivity contribution is 6.18. The number of carbonyl (C=O) groups is 2. The largest absolute Gasteiger partial charge is 0.507 e. The van der Waals surface area contributed by atoms with Crippen molar-refractivity contribution in [2.45, 2.75) is 51.4 Å². The second-order valence-corrected chi connectivity index (χ2v) is 6.61. The van der Waals surface area contributed by atoms with Gasteiger partial charge >= 0.3 is 0 Å². The number of ketones is 2. The quantitative estimate of drug-likeness (QED) is 0.271. The van der Waals surface area contributed by atoms with Gasteiger partial charge in [0.05, 0.1) is 0 Å². The first-order valence-corrected chi connectivity index (χ1v) is 9.47. The molecule has 0 fully saturated rings. The number of unbranched alkanes of at least 4 members (excludes halogenated alkanes) is 4. The van der Waals surface area contributed by atoms with Gasteiger partial charge in [0.1, 0.15) is 28.4 Å². The van der Waals surface area contributed by atoms with Crippen LogP contribution < -0.4 is 0 Å². The number of Topliss-reactive ketones (excluding diaryl/α,β-unsaturated/α-hetero) is 2. The van der Waals surface area contributed by atoms with Crippen LogP contribution in [0.3, 0.4) is 0 Å². The molecule has 0 aliphatic rings. The number of benzene rings is 1. The average Bonchev–Trinajstić information content (AvgIpc) is 2.55. The van der Waals surface area contributed by atoms with Crippen LogP contribution in [0.5, 0.6) is 17.2 Å². The van der Waals surface area contributed by atoms with Gasteiger partial charge in [-0.3, -0.25) is 9.59 Å². The standard InChI is InChI=1S/C18H24Cl2O5/c19-9-5-1-3-7-12(21)16-14(23)11-15(24)17(18(16)25)13(22)8-4-2-6-10-20/h11,23-25H,1-10H2. The Hall–Kier alpha value is -1.46. The number of hydrogen-bond acceptors (Lipinski definition) is 5. The Morgan fingerprint density at radius 3 is 1.48 bits per heavy atom. The molecule has 0 saturated carbocycles. The summed E-state index contributed by atoms with van der Waals surface area (Å²) in [5, 5.41) is 30.1. The van der Waals surface area contributed by atoms with Crippen molar-refractivity contribution in [1.29, 1.82) is 0 Å². The zero-order chi connectivity index (χ0) is 18.8. The average molecular weight is 391 g/mol. The van der Waals surface area contributed by atoms with Crippen LogP contribution in [0.25, 0.3) is 0 Å². The van der Waals surface area contributed by atoms with Crippen LogP contribution >= 0.6 is 23.2 Å². The summed E-state index contributed by atoms with van der Waals surface area (Å²) in [5.41, 5.74) is -0.624. The van der Waals surface area contributed by atoms with Gasteiger partial charge in [-0.15, -0.1) is 23.2 Å². The van der Waals surface area contributed by atoms with Crippen LogP contribution in [0.15, 0.2) is 6.07 Å². The molecule has 0 aliphatic carbocycles. The molecule has 140 valence electrons. The zero-order valence-corrected chi connectivity index (χ0v) is 15.6. The molecule has 7 heteroatoms. The van der Waals surface area contributed by atoms with Crippen LogP contribution in [-0.4, -0.2) is 38.6 Å². The van der Waals surface area contributed by atoms with E-state index in [9.17, 15) is 24.9 Å². The lowest BCUT2D eigenvalue weighted by Crippen LogP contribution is -2.06. The molecule has 0 aromatic heterocycles. The van der Waals surface area contributed by atoms with Gasteiger partial charge in [-0.05, 0) is 25.7 Å². The summed E-state index contributed by atoms with van der Waals surface area (Å²) in [7, 11) is 0. The van der Waals surface area contributed by atoms with Crippen molar-refractivity contribution in [3.8, 4) is 17.2 Å². The highest BCUT2D eigenvalue weighted by Crippen LogP contribution is 2.39. The number of hydrogen-bond donors (Lipinski definition) is 3. The summed E-state index contributed by atoms with van der Waals surface area (Å²) in [5.74, 6) is -1.64. The lowest BCUT2D eigenvalue weighted by molar-refractivity contribution is 0.0971. The molecule has 1 aromatic carbocycles. The third-order valence-electron chi connectivity index (χ3n) is 3.89. The second kappa shape index (κ2) is 11.2. The van der Waals surface area contributed by atoms with E-state index in [1.165, 1.54) is 0 Å². The van der Waals surface area contributed by atoms with E-state index in [4.69, 9.17) is 23.2 Å². The minimum absolute atomic E-state index is 0.117. The molecule has 25 heavy (non-hydrogen) atoms. The van der Waals surface area contributed by atoms with E-state index >= 15 is 0 Å². The maximum Gasteiger partial charge on any atom is 0.170 e. The summed E-state index contributed by atoms with van der Waals surface area (Å²) in [4.78, 5) is 24.5. The number of alkyl halides is 2. The molecule has 0 aliphatic heterocycles. The fourth-order valence-electron chi connectivity index (χ4n) is 2.55. The third kappa shape index (κ3) is 6.40. The molecule has 0 heterocycles. The van der Waals surface area contributed by atoms with Crippen molar-refractivity contribution < 1.29 is 24.9 Å². The van der Waals surface area contributed by atoms with Crippen LogP contribution in [0.1, 0.15) is 72.1 Å². The minimum atomic E-state index is -0.651. The predicted molar refractivity (Wildman–Crippen MR) is 98.5 cm³/mol. The van der Waals surface area contributed by atoms with Crippen molar-refractivity contribution in [3.63, 3.8) is 0 Å². The van der Waals surface area contributed by atoms with Gasteiger partial charge in [0.25, 0.3) is 0 Å². The van der Waals surface area contributed by atoms with Crippen molar-refractivity contribution in [1.82, 2.24) is 0 Å². The zero-order valence-electron chi connectivity index (χ0n) is 14.1. The molecular formula is C18H24Cl2O5. The van der Waals surface area contributed by atoms with E-state index in [-0.39, 0.29) is 24.0 Å². The Morgan fingerprint density at radius 2 is 1.12 bits per heavy atom. The Bertz CT molecular complexity index is 553. The Balaban J connectivity index is 2.93. The summed E-state index contributed by atoms with van der Waals surface area (Å²) in [6.07, 6.45) is 4.41. The second-order valence-electron chi connectivity index (χ2n) is 5.86. The molecule has 0 amide bonds. The first-order valence-electron chi connectivity index (χ1n) is 8.40. The van der Waals surface area contributed by atoms with Crippen LogP contribution in [0.2, 0.25) is 0 Å². The lowest BCUT2D eigenvalue weighted by Gasteiger charge is -2.12. The highest BCUT2D eigenvalue weighted by atomic mass is 35.5. The molecule has 1 aromatic rings. The van der Waals surface area contributed by atoms with E-state index in [1.54, 1.807) is 0 Å². The molecule has 0 spiro atoms. The first-order chi connectivity index (χ1) is 11.9. The third-order valence-corrected chi connectivity index (χ3v) is 4.43. The molecular weight excluding hydrogens is 367 g/mol. The van der Waals surface area contributed by atoms with Crippen LogP contribution in [0.4, 0.5) is 0 Å². The lowest BCUT2D eigenvalue weighted by atomic mass is 9.95. The van der Waals surface area contributed by atoms with Gasteiger partial charge < -0.3 is 15.3 Å². The Kier molecular flexibility index (Phi) is 9.68. The normalized spacial score (nSPS) is 10.8. The number of halogens is 2. The highest BCUT2D eigenvalue weighted by Gasteiger charge is 2.25. The molecule has 5 nitrogen and oxygen atoms in total. The smallest absolute Gasteiger partial charge is 0.170 e. The number of aromatic hydroxyl groups is 3. The number of carbonyl (C=O) groups excluding carboxylic acids is 2. The van der Waals surface area contributed by atoms with Crippen molar-refractivity contribution in [3.05, 3.63) is 17.2 Å². The molecule has 0 unspecified atom stereocenters. The summed E-state index contributed by atoms with van der Waals surface area (Å²) in [6, 6.07) is 0.928. The monoisotopic (exact) mass is 390 g/mol. The fourth-order valence-corrected chi connectivity index (χ4v) is 2.93. The number of phenols is 3. The summed E-state index contributed by atoms with van der Waals surface area (Å²) < 4.78 is 0. The molecule has 0 bridgehead atoms. The van der Waals surface area contributed by atoms with E-state index in [0.717, 1.165) is 31.7 Å². The van der Waals surface area contributed by atoms with Gasteiger partial charge in [-0.2, -0.15) is 0 Å². The molecule has 3 N–H and O–H groups in total.